The van der Waals surface area contributed by atoms with Crippen molar-refractivity contribution < 1.29 is 4.79 Å². The Morgan fingerprint density at radius 3 is 2.93 bits per heavy atom. The number of halogens is 1. The van der Waals surface area contributed by atoms with Crippen LogP contribution in [0.5, 0.6) is 0 Å². The number of hydrogen-bond acceptors (Lipinski definition) is 7. The lowest BCUT2D eigenvalue weighted by Crippen LogP contribution is -2.13. The number of fused-ring (bicyclic) bond motifs is 2. The van der Waals surface area contributed by atoms with Crippen molar-refractivity contribution in [2.45, 2.75) is 5.03 Å². The third kappa shape index (κ3) is 3.74. The topological polar surface area (TPSA) is 85.6 Å². The lowest BCUT2D eigenvalue weighted by Gasteiger charge is -2.05. The number of anilines is 1. The third-order valence-corrected chi connectivity index (χ3v) is 6.45. The van der Waals surface area contributed by atoms with Crippen molar-refractivity contribution >= 4 is 67.0 Å². The summed E-state index contributed by atoms with van der Waals surface area (Å²) in [5.41, 5.74) is 2.33. The maximum absolute atomic E-state index is 12.4. The number of benzene rings is 2. The predicted molar refractivity (Wildman–Crippen MR) is 121 cm³/mol. The van der Waals surface area contributed by atoms with Gasteiger partial charge in [-0.15, -0.1) is 0 Å². The molecule has 3 aromatic heterocycles. The van der Waals surface area contributed by atoms with Crippen molar-refractivity contribution in [2.75, 3.05) is 11.1 Å². The van der Waals surface area contributed by atoms with Crippen LogP contribution < -0.4 is 5.32 Å². The molecular formula is C20H13ClN6OS2. The molecule has 1 N–H and O–H groups in total. The van der Waals surface area contributed by atoms with Gasteiger partial charge in [0.15, 0.2) is 10.8 Å². The number of carbonyl (C=O) groups excluding carboxylic acids is 1. The Morgan fingerprint density at radius 1 is 1.17 bits per heavy atom. The molecular weight excluding hydrogens is 440 g/mol. The molecule has 30 heavy (non-hydrogen) atoms. The number of carbonyl (C=O) groups is 1. The molecule has 0 atom stereocenters. The fourth-order valence-corrected chi connectivity index (χ4v) is 4.78. The molecule has 3 heterocycles. The van der Waals surface area contributed by atoms with Crippen LogP contribution in [0.3, 0.4) is 0 Å². The standard InChI is InChI=1S/C20H13ClN6OS2/c21-12-4-3-5-13(8-12)27-18-14(9-24-27)19(23-11-22-18)29-10-17(28)26-20-25-15-6-1-2-7-16(15)30-20/h1-9,11H,10H2,(H,25,26,28). The molecule has 0 spiro atoms. The van der Waals surface area contributed by atoms with Crippen molar-refractivity contribution in [3.8, 4) is 5.69 Å². The summed E-state index contributed by atoms with van der Waals surface area (Å²) in [5, 5.41) is 9.94. The summed E-state index contributed by atoms with van der Waals surface area (Å²) in [4.78, 5) is 25.5. The fourth-order valence-electron chi connectivity index (χ4n) is 2.95. The van der Waals surface area contributed by atoms with E-state index >= 15 is 0 Å². The number of nitrogens with one attached hydrogen (secondary N) is 1. The van der Waals surface area contributed by atoms with Crippen molar-refractivity contribution in [1.82, 2.24) is 24.7 Å². The van der Waals surface area contributed by atoms with Crippen LogP contribution in [-0.4, -0.2) is 36.4 Å². The summed E-state index contributed by atoms with van der Waals surface area (Å²) in [6.45, 7) is 0. The molecule has 0 fully saturated rings. The molecule has 7 nitrogen and oxygen atoms in total. The minimum absolute atomic E-state index is 0.145. The highest BCUT2D eigenvalue weighted by molar-refractivity contribution is 8.00. The lowest BCUT2D eigenvalue weighted by molar-refractivity contribution is -0.113. The molecule has 5 aromatic rings. The molecule has 0 aliphatic rings. The molecule has 2 aromatic carbocycles. The van der Waals surface area contributed by atoms with Crippen molar-refractivity contribution in [2.24, 2.45) is 0 Å². The predicted octanol–water partition coefficient (Wildman–Crippen LogP) is 4.81. The Balaban J connectivity index is 1.33. The molecule has 0 aliphatic heterocycles. The Morgan fingerprint density at radius 2 is 2.07 bits per heavy atom. The smallest absolute Gasteiger partial charge is 0.236 e. The Kier molecular flexibility index (Phi) is 5.07. The molecule has 5 rings (SSSR count). The number of amides is 1. The van der Waals surface area contributed by atoms with Crippen LogP contribution in [0, 0.1) is 0 Å². The van der Waals surface area contributed by atoms with E-state index < -0.39 is 0 Å². The molecule has 0 radical (unpaired) electrons. The van der Waals surface area contributed by atoms with Crippen LogP contribution in [0.2, 0.25) is 5.02 Å². The minimum atomic E-state index is -0.145. The molecule has 148 valence electrons. The van der Waals surface area contributed by atoms with Crippen LogP contribution in [0.1, 0.15) is 0 Å². The second kappa shape index (κ2) is 8.02. The number of para-hydroxylation sites is 1. The first-order chi connectivity index (χ1) is 14.7. The van der Waals surface area contributed by atoms with E-state index in [2.05, 4.69) is 25.4 Å². The number of hydrogen-bond donors (Lipinski definition) is 1. The Hall–Kier alpha value is -3.01. The SMILES string of the molecule is O=C(CSc1ncnc2c1cnn2-c1cccc(Cl)c1)Nc1nc2ccccc2s1. The van der Waals surface area contributed by atoms with E-state index in [1.807, 2.05) is 42.5 Å². The van der Waals surface area contributed by atoms with Gasteiger partial charge in [0.1, 0.15) is 11.4 Å². The molecule has 0 bridgehead atoms. The van der Waals surface area contributed by atoms with Crippen LogP contribution in [0.25, 0.3) is 26.9 Å². The highest BCUT2D eigenvalue weighted by Crippen LogP contribution is 2.28. The first-order valence-corrected chi connectivity index (χ1v) is 11.1. The maximum Gasteiger partial charge on any atom is 0.236 e. The molecule has 1 amide bonds. The third-order valence-electron chi connectivity index (χ3n) is 4.26. The van der Waals surface area contributed by atoms with Crippen LogP contribution >= 0.6 is 34.7 Å². The van der Waals surface area contributed by atoms with Gasteiger partial charge >= 0.3 is 0 Å². The van der Waals surface area contributed by atoms with Gasteiger partial charge in [0, 0.05) is 5.02 Å². The summed E-state index contributed by atoms with van der Waals surface area (Å²) >= 11 is 8.87. The average molecular weight is 453 g/mol. The number of aromatic nitrogens is 5. The molecule has 0 saturated carbocycles. The minimum Gasteiger partial charge on any atom is -0.301 e. The van der Waals surface area contributed by atoms with Gasteiger partial charge in [-0.1, -0.05) is 52.9 Å². The molecule has 0 saturated heterocycles. The molecule has 10 heteroatoms. The second-order valence-corrected chi connectivity index (χ2v) is 8.71. The Labute approximate surface area is 184 Å². The quantitative estimate of drug-likeness (QED) is 0.304. The van der Waals surface area contributed by atoms with Crippen molar-refractivity contribution in [3.63, 3.8) is 0 Å². The molecule has 0 aliphatic carbocycles. The highest BCUT2D eigenvalue weighted by Gasteiger charge is 2.14. The number of rotatable bonds is 5. The molecule has 0 unspecified atom stereocenters. The fraction of sp³-hybridized carbons (Fsp3) is 0.0500. The normalized spacial score (nSPS) is 11.2. The summed E-state index contributed by atoms with van der Waals surface area (Å²) in [5.74, 6) is 0.0535. The van der Waals surface area contributed by atoms with E-state index in [9.17, 15) is 4.79 Å². The summed E-state index contributed by atoms with van der Waals surface area (Å²) in [6.07, 6.45) is 3.17. The van der Waals surface area contributed by atoms with Gasteiger partial charge in [-0.25, -0.2) is 19.6 Å². The van der Waals surface area contributed by atoms with Gasteiger partial charge in [-0.3, -0.25) is 4.79 Å². The van der Waals surface area contributed by atoms with Gasteiger partial charge in [-0.2, -0.15) is 5.10 Å². The van der Waals surface area contributed by atoms with E-state index in [4.69, 9.17) is 11.6 Å². The van der Waals surface area contributed by atoms with E-state index in [0.717, 1.165) is 21.3 Å². The maximum atomic E-state index is 12.4. The van der Waals surface area contributed by atoms with Gasteiger partial charge in [-0.05, 0) is 30.3 Å². The van der Waals surface area contributed by atoms with E-state index in [1.54, 1.807) is 16.9 Å². The van der Waals surface area contributed by atoms with E-state index in [-0.39, 0.29) is 11.7 Å². The zero-order valence-electron chi connectivity index (χ0n) is 15.3. The largest absolute Gasteiger partial charge is 0.301 e. The van der Waals surface area contributed by atoms with Gasteiger partial charge in [0.05, 0.1) is 33.2 Å². The number of nitrogens with zero attached hydrogens (tertiary/aromatic N) is 5. The first kappa shape index (κ1) is 19.0. The summed E-state index contributed by atoms with van der Waals surface area (Å²) < 4.78 is 2.74. The zero-order valence-corrected chi connectivity index (χ0v) is 17.7. The van der Waals surface area contributed by atoms with E-state index in [0.29, 0.717) is 20.8 Å². The average Bonchev–Trinajstić information content (AvgIpc) is 3.36. The second-order valence-electron chi connectivity index (χ2n) is 6.28. The van der Waals surface area contributed by atoms with Crippen LogP contribution in [-0.2, 0) is 4.79 Å². The monoisotopic (exact) mass is 452 g/mol. The van der Waals surface area contributed by atoms with Crippen molar-refractivity contribution in [1.29, 1.82) is 0 Å². The Bertz CT molecular complexity index is 1350. The first-order valence-electron chi connectivity index (χ1n) is 8.90. The van der Waals surface area contributed by atoms with E-state index in [1.165, 1.54) is 29.4 Å². The number of thiazole rings is 1. The lowest BCUT2D eigenvalue weighted by atomic mass is 10.3. The van der Waals surface area contributed by atoms with Gasteiger partial charge in [0.2, 0.25) is 5.91 Å². The van der Waals surface area contributed by atoms with Crippen LogP contribution in [0.4, 0.5) is 5.13 Å². The van der Waals surface area contributed by atoms with Crippen molar-refractivity contribution in [3.05, 3.63) is 66.1 Å². The number of thioether (sulfide) groups is 1. The zero-order chi connectivity index (χ0) is 20.5. The van der Waals surface area contributed by atoms with Gasteiger partial charge in [0.25, 0.3) is 0 Å². The summed E-state index contributed by atoms with van der Waals surface area (Å²) in [7, 11) is 0. The summed E-state index contributed by atoms with van der Waals surface area (Å²) in [6, 6.07) is 15.1. The van der Waals surface area contributed by atoms with Gasteiger partial charge < -0.3 is 5.32 Å². The highest BCUT2D eigenvalue weighted by atomic mass is 35.5. The van der Waals surface area contributed by atoms with Crippen LogP contribution in [0.15, 0.2) is 66.1 Å².